The molecule has 1 N–H and O–H groups in total. The van der Waals surface area contributed by atoms with Gasteiger partial charge in [0.1, 0.15) is 0 Å². The number of hydrogen-bond acceptors (Lipinski definition) is 3. The number of rotatable bonds is 6. The lowest BCUT2D eigenvalue weighted by molar-refractivity contribution is -0.116. The Kier molecular flexibility index (Phi) is 6.68. The van der Waals surface area contributed by atoms with Crippen LogP contribution in [-0.2, 0) is 4.79 Å². The molecule has 1 aromatic rings. The summed E-state index contributed by atoms with van der Waals surface area (Å²) in [6.07, 6.45) is 0.524. The Bertz CT molecular complexity index is 485. The summed E-state index contributed by atoms with van der Waals surface area (Å²) < 4.78 is 0. The van der Waals surface area contributed by atoms with Crippen LogP contribution in [0.1, 0.15) is 20.3 Å². The van der Waals surface area contributed by atoms with E-state index in [1.54, 1.807) is 12.1 Å². The average Bonchev–Trinajstić information content (AvgIpc) is 2.46. The maximum atomic E-state index is 12.0. The van der Waals surface area contributed by atoms with Crippen molar-refractivity contribution in [3.8, 4) is 0 Å². The zero-order chi connectivity index (χ0) is 15.9. The van der Waals surface area contributed by atoms with Crippen LogP contribution in [0.5, 0.6) is 0 Å². The van der Waals surface area contributed by atoms with Crippen molar-refractivity contribution in [3.05, 3.63) is 29.3 Å². The lowest BCUT2D eigenvalue weighted by Gasteiger charge is -2.35. The zero-order valence-corrected chi connectivity index (χ0v) is 14.3. The molecule has 0 aromatic heterocycles. The third-order valence-corrected chi connectivity index (χ3v) is 4.09. The summed E-state index contributed by atoms with van der Waals surface area (Å²) in [7, 11) is 0. The van der Waals surface area contributed by atoms with Gasteiger partial charge in [0, 0.05) is 56.4 Å². The van der Waals surface area contributed by atoms with Crippen LogP contribution in [-0.4, -0.2) is 55.0 Å². The van der Waals surface area contributed by atoms with Crippen molar-refractivity contribution in [1.82, 2.24) is 9.80 Å². The maximum absolute atomic E-state index is 12.0. The summed E-state index contributed by atoms with van der Waals surface area (Å²) in [6, 6.07) is 7.26. The SMILES string of the molecule is CC(C)CN1CCN(CCC(=O)Nc2cccc(Cl)c2)CC1. The smallest absolute Gasteiger partial charge is 0.225 e. The maximum Gasteiger partial charge on any atom is 0.225 e. The van der Waals surface area contributed by atoms with Gasteiger partial charge in [0.05, 0.1) is 0 Å². The van der Waals surface area contributed by atoms with Gasteiger partial charge in [-0.25, -0.2) is 0 Å². The first-order valence-corrected chi connectivity index (χ1v) is 8.41. The quantitative estimate of drug-likeness (QED) is 0.874. The lowest BCUT2D eigenvalue weighted by atomic mass is 10.2. The van der Waals surface area contributed by atoms with Crippen LogP contribution < -0.4 is 5.32 Å². The normalized spacial score (nSPS) is 16.9. The van der Waals surface area contributed by atoms with Crippen LogP contribution in [0.4, 0.5) is 5.69 Å². The van der Waals surface area contributed by atoms with Gasteiger partial charge in [0.25, 0.3) is 0 Å². The highest BCUT2D eigenvalue weighted by molar-refractivity contribution is 6.30. The van der Waals surface area contributed by atoms with Crippen molar-refractivity contribution in [2.24, 2.45) is 5.92 Å². The number of benzene rings is 1. The van der Waals surface area contributed by atoms with Crippen molar-refractivity contribution >= 4 is 23.2 Å². The van der Waals surface area contributed by atoms with Crippen LogP contribution in [0.2, 0.25) is 5.02 Å². The molecule has 0 spiro atoms. The van der Waals surface area contributed by atoms with E-state index in [4.69, 9.17) is 11.6 Å². The van der Waals surface area contributed by atoms with E-state index in [1.807, 2.05) is 12.1 Å². The molecule has 0 aliphatic carbocycles. The Hall–Kier alpha value is -1.10. The van der Waals surface area contributed by atoms with Gasteiger partial charge in [0.2, 0.25) is 5.91 Å². The number of nitrogens with one attached hydrogen (secondary N) is 1. The molecule has 1 fully saturated rings. The molecule has 5 heteroatoms. The van der Waals surface area contributed by atoms with Crippen LogP contribution >= 0.6 is 11.6 Å². The molecule has 1 saturated heterocycles. The fraction of sp³-hybridized carbons (Fsp3) is 0.588. The molecule has 0 bridgehead atoms. The molecule has 1 heterocycles. The van der Waals surface area contributed by atoms with E-state index in [-0.39, 0.29) is 5.91 Å². The van der Waals surface area contributed by atoms with Gasteiger partial charge in [-0.3, -0.25) is 4.79 Å². The largest absolute Gasteiger partial charge is 0.326 e. The molecule has 22 heavy (non-hydrogen) atoms. The number of carbonyl (C=O) groups excluding carboxylic acids is 1. The molecule has 0 unspecified atom stereocenters. The van der Waals surface area contributed by atoms with Gasteiger partial charge < -0.3 is 15.1 Å². The molecular weight excluding hydrogens is 298 g/mol. The van der Waals surface area contributed by atoms with Crippen molar-refractivity contribution in [3.63, 3.8) is 0 Å². The second-order valence-electron chi connectivity index (χ2n) is 6.34. The molecule has 0 radical (unpaired) electrons. The number of anilines is 1. The van der Waals surface area contributed by atoms with E-state index in [0.29, 0.717) is 11.4 Å². The first-order valence-electron chi connectivity index (χ1n) is 8.03. The van der Waals surface area contributed by atoms with E-state index < -0.39 is 0 Å². The van der Waals surface area contributed by atoms with E-state index in [1.165, 1.54) is 6.54 Å². The van der Waals surface area contributed by atoms with E-state index in [0.717, 1.165) is 44.3 Å². The van der Waals surface area contributed by atoms with Gasteiger partial charge >= 0.3 is 0 Å². The molecule has 122 valence electrons. The highest BCUT2D eigenvalue weighted by atomic mass is 35.5. The van der Waals surface area contributed by atoms with Crippen LogP contribution in [0.15, 0.2) is 24.3 Å². The predicted molar refractivity (Wildman–Crippen MR) is 92.4 cm³/mol. The average molecular weight is 324 g/mol. The van der Waals surface area contributed by atoms with Crippen LogP contribution in [0.25, 0.3) is 0 Å². The predicted octanol–water partition coefficient (Wildman–Crippen LogP) is 2.94. The fourth-order valence-corrected chi connectivity index (χ4v) is 2.95. The number of halogens is 1. The standard InChI is InChI=1S/C17H26ClN3O/c1-14(2)13-21-10-8-20(9-11-21)7-6-17(22)19-16-5-3-4-15(18)12-16/h3-5,12,14H,6-11,13H2,1-2H3,(H,19,22). The van der Waals surface area contributed by atoms with E-state index in [2.05, 4.69) is 29.0 Å². The minimum atomic E-state index is 0.0480. The Morgan fingerprint density at radius 3 is 2.55 bits per heavy atom. The number of piperazine rings is 1. The number of amides is 1. The first kappa shape index (κ1) is 17.3. The van der Waals surface area contributed by atoms with Gasteiger partial charge in [-0.05, 0) is 24.1 Å². The molecule has 0 saturated carbocycles. The van der Waals surface area contributed by atoms with Crippen molar-refractivity contribution in [2.75, 3.05) is 44.6 Å². The van der Waals surface area contributed by atoms with Crippen molar-refractivity contribution < 1.29 is 4.79 Å². The second-order valence-corrected chi connectivity index (χ2v) is 6.78. The van der Waals surface area contributed by atoms with E-state index >= 15 is 0 Å². The van der Waals surface area contributed by atoms with Crippen LogP contribution in [0.3, 0.4) is 0 Å². The van der Waals surface area contributed by atoms with Crippen molar-refractivity contribution in [2.45, 2.75) is 20.3 Å². The molecule has 1 amide bonds. The monoisotopic (exact) mass is 323 g/mol. The molecular formula is C17H26ClN3O. The van der Waals surface area contributed by atoms with E-state index in [9.17, 15) is 4.79 Å². The van der Waals surface area contributed by atoms with Gasteiger partial charge in [-0.15, -0.1) is 0 Å². The number of hydrogen-bond donors (Lipinski definition) is 1. The van der Waals surface area contributed by atoms with Gasteiger partial charge in [-0.1, -0.05) is 31.5 Å². The summed E-state index contributed by atoms with van der Waals surface area (Å²) in [5, 5.41) is 3.53. The minimum absolute atomic E-state index is 0.0480. The highest BCUT2D eigenvalue weighted by Crippen LogP contribution is 2.15. The number of nitrogens with zero attached hydrogens (tertiary/aromatic N) is 2. The molecule has 0 atom stereocenters. The topological polar surface area (TPSA) is 35.6 Å². The Balaban J connectivity index is 1.67. The fourth-order valence-electron chi connectivity index (χ4n) is 2.76. The lowest BCUT2D eigenvalue weighted by Crippen LogP contribution is -2.47. The summed E-state index contributed by atoms with van der Waals surface area (Å²) >= 11 is 5.91. The summed E-state index contributed by atoms with van der Waals surface area (Å²) in [6.45, 7) is 10.8. The third-order valence-electron chi connectivity index (χ3n) is 3.85. The Morgan fingerprint density at radius 2 is 1.91 bits per heavy atom. The highest BCUT2D eigenvalue weighted by Gasteiger charge is 2.17. The molecule has 1 aromatic carbocycles. The molecule has 4 nitrogen and oxygen atoms in total. The first-order chi connectivity index (χ1) is 10.5. The van der Waals surface area contributed by atoms with Crippen LogP contribution in [0, 0.1) is 5.92 Å². The molecule has 2 rings (SSSR count). The summed E-state index contributed by atoms with van der Waals surface area (Å²) in [4.78, 5) is 16.9. The summed E-state index contributed by atoms with van der Waals surface area (Å²) in [5.41, 5.74) is 0.763. The minimum Gasteiger partial charge on any atom is -0.326 e. The van der Waals surface area contributed by atoms with Gasteiger partial charge in [0.15, 0.2) is 0 Å². The number of carbonyl (C=O) groups is 1. The van der Waals surface area contributed by atoms with Crippen molar-refractivity contribution in [1.29, 1.82) is 0 Å². The molecule has 1 aliphatic heterocycles. The Morgan fingerprint density at radius 1 is 1.23 bits per heavy atom. The zero-order valence-electron chi connectivity index (χ0n) is 13.5. The Labute approximate surface area is 138 Å². The molecule has 1 aliphatic rings. The van der Waals surface area contributed by atoms with Gasteiger partial charge in [-0.2, -0.15) is 0 Å². The summed E-state index contributed by atoms with van der Waals surface area (Å²) in [5.74, 6) is 0.766. The second kappa shape index (κ2) is 8.51. The third kappa shape index (κ3) is 5.95.